The predicted octanol–water partition coefficient (Wildman–Crippen LogP) is 12.4. The van der Waals surface area contributed by atoms with E-state index >= 15 is 0 Å². The van der Waals surface area contributed by atoms with Crippen LogP contribution in [-0.4, -0.2) is 6.61 Å². The number of rotatable bonds is 10. The van der Waals surface area contributed by atoms with Gasteiger partial charge in [-0.05, 0) is 151 Å². The fourth-order valence-electron chi connectivity index (χ4n) is 7.01. The molecule has 0 atom stereocenters. The summed E-state index contributed by atoms with van der Waals surface area (Å²) in [5.74, 6) is 0.953. The van der Waals surface area contributed by atoms with Crippen molar-refractivity contribution < 1.29 is 4.74 Å². The van der Waals surface area contributed by atoms with Crippen LogP contribution in [0.25, 0.3) is 39.0 Å². The molecule has 0 N–H and O–H groups in total. The predicted molar refractivity (Wildman–Crippen MR) is 198 cm³/mol. The lowest BCUT2D eigenvalue weighted by atomic mass is 9.84. The summed E-state index contributed by atoms with van der Waals surface area (Å²) in [6.07, 6.45) is 9.94. The maximum Gasteiger partial charge on any atom is 0.127 e. The zero-order valence-electron chi connectivity index (χ0n) is 28.1. The summed E-state index contributed by atoms with van der Waals surface area (Å²) in [5.41, 5.74) is 18.6. The van der Waals surface area contributed by atoms with E-state index in [4.69, 9.17) is 4.74 Å². The van der Waals surface area contributed by atoms with Gasteiger partial charge in [-0.15, -0.1) is 0 Å². The van der Waals surface area contributed by atoms with Gasteiger partial charge in [-0.1, -0.05) is 103 Å². The van der Waals surface area contributed by atoms with Crippen LogP contribution in [0.5, 0.6) is 5.75 Å². The molecule has 1 nitrogen and oxygen atoms in total. The lowest BCUT2D eigenvalue weighted by Gasteiger charge is -2.21. The highest BCUT2D eigenvalue weighted by Crippen LogP contribution is 2.38. The zero-order valence-corrected chi connectivity index (χ0v) is 28.1. The lowest BCUT2D eigenvalue weighted by molar-refractivity contribution is 0.308. The largest absolute Gasteiger partial charge is 0.493 e. The molecule has 0 unspecified atom stereocenters. The van der Waals surface area contributed by atoms with Crippen molar-refractivity contribution in [1.82, 2.24) is 0 Å². The van der Waals surface area contributed by atoms with Crippen molar-refractivity contribution in [2.45, 2.75) is 66.7 Å². The summed E-state index contributed by atoms with van der Waals surface area (Å²) >= 11 is 0. The molecule has 5 aromatic rings. The molecule has 232 valence electrons. The second-order valence-corrected chi connectivity index (χ2v) is 12.9. The minimum Gasteiger partial charge on any atom is -0.493 e. The van der Waals surface area contributed by atoms with Crippen molar-refractivity contribution in [2.24, 2.45) is 0 Å². The van der Waals surface area contributed by atoms with E-state index in [-0.39, 0.29) is 0 Å². The number of unbranched alkanes of at least 4 members (excludes halogenated alkanes) is 1. The molecule has 0 aliphatic heterocycles. The summed E-state index contributed by atoms with van der Waals surface area (Å²) in [6.45, 7) is 11.9. The number of ether oxygens (including phenoxy) is 1. The SMILES string of the molecule is CC1=C(c2cc(C)cc(-c3ccccc3CCCCOc3ccccc3-c3cc(C)cc(-c4ccccc4C)c3)c2C)CCC=C1. The minimum absolute atomic E-state index is 0.699. The molecule has 5 aromatic carbocycles. The monoisotopic (exact) mass is 602 g/mol. The third-order valence-corrected chi connectivity index (χ3v) is 9.42. The van der Waals surface area contributed by atoms with E-state index in [1.165, 1.54) is 72.3 Å². The Morgan fingerprint density at radius 3 is 2.02 bits per heavy atom. The highest BCUT2D eigenvalue weighted by atomic mass is 16.5. The van der Waals surface area contributed by atoms with Crippen LogP contribution < -0.4 is 4.74 Å². The maximum atomic E-state index is 6.47. The molecule has 0 spiro atoms. The van der Waals surface area contributed by atoms with Gasteiger partial charge < -0.3 is 4.74 Å². The Morgan fingerprint density at radius 1 is 0.587 bits per heavy atom. The van der Waals surface area contributed by atoms with Gasteiger partial charge in [0.2, 0.25) is 0 Å². The Kier molecular flexibility index (Phi) is 9.69. The van der Waals surface area contributed by atoms with E-state index in [0.29, 0.717) is 6.61 Å². The van der Waals surface area contributed by atoms with Crippen molar-refractivity contribution in [1.29, 1.82) is 0 Å². The molecule has 0 saturated carbocycles. The van der Waals surface area contributed by atoms with Gasteiger partial charge >= 0.3 is 0 Å². The van der Waals surface area contributed by atoms with Gasteiger partial charge in [-0.2, -0.15) is 0 Å². The molecule has 0 amide bonds. The van der Waals surface area contributed by atoms with Gasteiger partial charge in [-0.3, -0.25) is 0 Å². The third kappa shape index (κ3) is 6.95. The van der Waals surface area contributed by atoms with Crippen LogP contribution in [0, 0.1) is 27.7 Å². The van der Waals surface area contributed by atoms with Crippen molar-refractivity contribution in [3.05, 3.63) is 154 Å². The summed E-state index contributed by atoms with van der Waals surface area (Å²) < 4.78 is 6.47. The molecule has 0 aromatic heterocycles. The number of aryl methyl sites for hydroxylation is 4. The first-order valence-electron chi connectivity index (χ1n) is 16.8. The van der Waals surface area contributed by atoms with Gasteiger partial charge in [0, 0.05) is 5.56 Å². The van der Waals surface area contributed by atoms with E-state index in [1.54, 1.807) is 0 Å². The number of para-hydroxylation sites is 1. The van der Waals surface area contributed by atoms with Crippen LogP contribution in [0.3, 0.4) is 0 Å². The van der Waals surface area contributed by atoms with Crippen LogP contribution in [0.15, 0.2) is 121 Å². The van der Waals surface area contributed by atoms with Crippen LogP contribution >= 0.6 is 0 Å². The molecule has 0 heterocycles. The number of benzene rings is 5. The van der Waals surface area contributed by atoms with Gasteiger partial charge in [0.05, 0.1) is 6.61 Å². The molecule has 46 heavy (non-hydrogen) atoms. The van der Waals surface area contributed by atoms with Crippen molar-refractivity contribution in [2.75, 3.05) is 6.61 Å². The molecule has 0 radical (unpaired) electrons. The quantitative estimate of drug-likeness (QED) is 0.145. The van der Waals surface area contributed by atoms with Gasteiger partial charge in [0.25, 0.3) is 0 Å². The van der Waals surface area contributed by atoms with Crippen molar-refractivity contribution >= 4 is 5.57 Å². The Hall–Kier alpha value is -4.62. The van der Waals surface area contributed by atoms with Crippen molar-refractivity contribution in [3.63, 3.8) is 0 Å². The first kappa shape index (κ1) is 31.4. The first-order valence-corrected chi connectivity index (χ1v) is 16.8. The minimum atomic E-state index is 0.699. The standard InChI is InChI=1S/C45H46O/c1-31-26-37(39-20-9-6-16-33(39)3)30-38(27-31)42-23-12-13-24-45(42)46-25-15-14-19-36-18-8-11-22-41(36)44-29-32(2)28-43(35(44)5)40-21-10-7-17-34(40)4/h6-9,11-13,16-18,20,22-24,26-30H,10,14-15,19,21,25H2,1-5H3. The molecule has 1 aliphatic carbocycles. The molecular formula is C45H46O. The average Bonchev–Trinajstić information content (AvgIpc) is 3.06. The van der Waals surface area contributed by atoms with Crippen LogP contribution in [0.4, 0.5) is 0 Å². The van der Waals surface area contributed by atoms with E-state index in [1.807, 2.05) is 0 Å². The molecule has 1 aliphatic rings. The molecule has 0 saturated heterocycles. The van der Waals surface area contributed by atoms with Crippen molar-refractivity contribution in [3.8, 4) is 39.1 Å². The summed E-state index contributed by atoms with van der Waals surface area (Å²) in [5, 5.41) is 0. The summed E-state index contributed by atoms with van der Waals surface area (Å²) in [6, 6.07) is 37.7. The summed E-state index contributed by atoms with van der Waals surface area (Å²) in [4.78, 5) is 0. The topological polar surface area (TPSA) is 9.23 Å². The lowest BCUT2D eigenvalue weighted by Crippen LogP contribution is -2.02. The Morgan fingerprint density at radius 2 is 1.24 bits per heavy atom. The summed E-state index contributed by atoms with van der Waals surface area (Å²) in [7, 11) is 0. The van der Waals surface area contributed by atoms with Crippen LogP contribution in [-0.2, 0) is 6.42 Å². The zero-order chi connectivity index (χ0) is 32.0. The normalized spacial score (nSPS) is 12.9. The van der Waals surface area contributed by atoms with E-state index < -0.39 is 0 Å². The average molecular weight is 603 g/mol. The molecule has 0 bridgehead atoms. The van der Waals surface area contributed by atoms with E-state index in [9.17, 15) is 0 Å². The fraction of sp³-hybridized carbons (Fsp3) is 0.244. The highest BCUT2D eigenvalue weighted by molar-refractivity contribution is 5.82. The smallest absolute Gasteiger partial charge is 0.127 e. The van der Waals surface area contributed by atoms with E-state index in [0.717, 1.165) is 43.4 Å². The number of hydrogen-bond acceptors (Lipinski definition) is 1. The first-order chi connectivity index (χ1) is 22.4. The second kappa shape index (κ2) is 14.2. The molecular weight excluding hydrogens is 556 g/mol. The molecule has 6 rings (SSSR count). The Bertz CT molecular complexity index is 1920. The van der Waals surface area contributed by atoms with Gasteiger partial charge in [0.1, 0.15) is 5.75 Å². The fourth-order valence-corrected chi connectivity index (χ4v) is 7.01. The molecule has 1 heteroatoms. The van der Waals surface area contributed by atoms with Gasteiger partial charge in [-0.25, -0.2) is 0 Å². The van der Waals surface area contributed by atoms with Crippen LogP contribution in [0.1, 0.15) is 66.0 Å². The van der Waals surface area contributed by atoms with Crippen LogP contribution in [0.2, 0.25) is 0 Å². The second-order valence-electron chi connectivity index (χ2n) is 12.9. The Balaban J connectivity index is 1.16. The highest BCUT2D eigenvalue weighted by Gasteiger charge is 2.16. The number of hydrogen-bond donors (Lipinski definition) is 0. The Labute approximate surface area is 276 Å². The van der Waals surface area contributed by atoms with Gasteiger partial charge in [0.15, 0.2) is 0 Å². The van der Waals surface area contributed by atoms with E-state index in [2.05, 4.69) is 150 Å². The maximum absolute atomic E-state index is 6.47. The third-order valence-electron chi connectivity index (χ3n) is 9.42. The number of allylic oxidation sites excluding steroid dienone is 4. The molecule has 0 fully saturated rings.